The van der Waals surface area contributed by atoms with E-state index in [1.165, 1.54) is 24.8 Å². The first kappa shape index (κ1) is 31.2. The van der Waals surface area contributed by atoms with E-state index in [0.717, 1.165) is 49.0 Å². The van der Waals surface area contributed by atoms with Crippen LogP contribution in [-0.4, -0.2) is 36.4 Å². The number of aliphatic hydroxyl groups excluding tert-OH is 1. The number of hydrogen-bond donors (Lipinski definition) is 1. The summed E-state index contributed by atoms with van der Waals surface area (Å²) in [5.41, 5.74) is 4.00. The SMILES string of the molecule is CCCCCCCC(=O)OC[C@H](CO)OC(=O)CCCc1ccc(N=Nc2ccc(CCCC)cc2)cc1. The van der Waals surface area contributed by atoms with Gasteiger partial charge in [-0.2, -0.15) is 10.2 Å². The smallest absolute Gasteiger partial charge is 0.306 e. The third kappa shape index (κ3) is 13.5. The second-order valence-corrected chi connectivity index (χ2v) is 9.63. The number of hydrogen-bond acceptors (Lipinski definition) is 7. The third-order valence-electron chi connectivity index (χ3n) is 6.24. The number of aliphatic hydroxyl groups is 1. The molecule has 0 aliphatic carbocycles. The minimum Gasteiger partial charge on any atom is -0.462 e. The third-order valence-corrected chi connectivity index (χ3v) is 6.24. The highest BCUT2D eigenvalue weighted by Gasteiger charge is 2.16. The molecule has 1 atom stereocenters. The number of nitrogens with zero attached hydrogens (tertiary/aromatic N) is 2. The highest BCUT2D eigenvalue weighted by molar-refractivity contribution is 5.70. The molecule has 0 heterocycles. The molecule has 7 nitrogen and oxygen atoms in total. The number of esters is 2. The molecule has 208 valence electrons. The zero-order chi connectivity index (χ0) is 27.4. The zero-order valence-electron chi connectivity index (χ0n) is 23.1. The van der Waals surface area contributed by atoms with Crippen molar-refractivity contribution < 1.29 is 24.2 Å². The number of rotatable bonds is 19. The number of benzene rings is 2. The minimum absolute atomic E-state index is 0.116. The van der Waals surface area contributed by atoms with Gasteiger partial charge in [0, 0.05) is 12.8 Å². The maximum atomic E-state index is 12.2. The molecule has 0 aliphatic heterocycles. The summed E-state index contributed by atoms with van der Waals surface area (Å²) in [6, 6.07) is 16.0. The standard InChI is InChI=1S/C31H44N2O5/c1-3-5-7-8-9-13-30(35)37-24-29(23-34)38-31(36)14-10-12-26-17-21-28(22-18-26)33-32-27-19-15-25(16-20-27)11-6-4-2/h15-22,29,34H,3-14,23-24H2,1-2H3/t29-/m0/s1. The normalized spacial score (nSPS) is 12.0. The van der Waals surface area contributed by atoms with E-state index >= 15 is 0 Å². The molecular weight excluding hydrogens is 480 g/mol. The highest BCUT2D eigenvalue weighted by atomic mass is 16.6. The molecule has 2 aromatic rings. The fraction of sp³-hybridized carbons (Fsp3) is 0.548. The zero-order valence-corrected chi connectivity index (χ0v) is 23.1. The lowest BCUT2D eigenvalue weighted by molar-refractivity contribution is -0.161. The highest BCUT2D eigenvalue weighted by Crippen LogP contribution is 2.20. The van der Waals surface area contributed by atoms with Crippen molar-refractivity contribution in [2.45, 2.75) is 97.0 Å². The maximum Gasteiger partial charge on any atom is 0.306 e. The average molecular weight is 525 g/mol. The second kappa shape index (κ2) is 19.1. The summed E-state index contributed by atoms with van der Waals surface area (Å²) in [4.78, 5) is 24.0. The van der Waals surface area contributed by atoms with E-state index in [1.807, 2.05) is 36.4 Å². The van der Waals surface area contributed by atoms with Crippen LogP contribution in [0.1, 0.15) is 89.2 Å². The summed E-state index contributed by atoms with van der Waals surface area (Å²) in [6.45, 7) is 3.84. The van der Waals surface area contributed by atoms with Gasteiger partial charge in [0.05, 0.1) is 18.0 Å². The average Bonchev–Trinajstić information content (AvgIpc) is 2.94. The molecular formula is C31H44N2O5. The molecule has 0 aliphatic rings. The molecule has 0 amide bonds. The minimum atomic E-state index is -0.830. The van der Waals surface area contributed by atoms with E-state index in [2.05, 4.69) is 36.2 Å². The quantitative estimate of drug-likeness (QED) is 0.116. The molecule has 38 heavy (non-hydrogen) atoms. The Morgan fingerprint density at radius 2 is 1.24 bits per heavy atom. The summed E-state index contributed by atoms with van der Waals surface area (Å²) < 4.78 is 10.4. The van der Waals surface area contributed by atoms with Gasteiger partial charge in [-0.1, -0.05) is 70.2 Å². The molecule has 0 radical (unpaired) electrons. The van der Waals surface area contributed by atoms with Crippen molar-refractivity contribution in [3.63, 3.8) is 0 Å². The molecule has 0 spiro atoms. The van der Waals surface area contributed by atoms with E-state index in [9.17, 15) is 14.7 Å². The first-order chi connectivity index (χ1) is 18.5. The lowest BCUT2D eigenvalue weighted by Gasteiger charge is -2.15. The van der Waals surface area contributed by atoms with Crippen molar-refractivity contribution in [3.8, 4) is 0 Å². The Morgan fingerprint density at radius 3 is 1.79 bits per heavy atom. The largest absolute Gasteiger partial charge is 0.462 e. The summed E-state index contributed by atoms with van der Waals surface area (Å²) in [5, 5.41) is 18.1. The van der Waals surface area contributed by atoms with Crippen molar-refractivity contribution >= 4 is 23.3 Å². The number of carbonyl (C=O) groups is 2. The van der Waals surface area contributed by atoms with Crippen molar-refractivity contribution in [1.29, 1.82) is 0 Å². The Hall–Kier alpha value is -3.06. The van der Waals surface area contributed by atoms with Gasteiger partial charge in [0.2, 0.25) is 0 Å². The fourth-order valence-corrected chi connectivity index (χ4v) is 3.89. The molecule has 0 fully saturated rings. The lowest BCUT2D eigenvalue weighted by atomic mass is 10.1. The Morgan fingerprint density at radius 1 is 0.711 bits per heavy atom. The summed E-state index contributed by atoms with van der Waals surface area (Å²) >= 11 is 0. The van der Waals surface area contributed by atoms with Crippen LogP contribution in [-0.2, 0) is 31.9 Å². The fourth-order valence-electron chi connectivity index (χ4n) is 3.89. The molecule has 2 aromatic carbocycles. The van der Waals surface area contributed by atoms with E-state index in [1.54, 1.807) is 0 Å². The van der Waals surface area contributed by atoms with Gasteiger partial charge >= 0.3 is 11.9 Å². The van der Waals surface area contributed by atoms with Crippen LogP contribution < -0.4 is 0 Å². The maximum absolute atomic E-state index is 12.2. The molecule has 1 N–H and O–H groups in total. The van der Waals surface area contributed by atoms with Gasteiger partial charge in [-0.25, -0.2) is 0 Å². The van der Waals surface area contributed by atoms with Crippen LogP contribution in [0.2, 0.25) is 0 Å². The molecule has 0 bridgehead atoms. The van der Waals surface area contributed by atoms with Crippen LogP contribution in [0.5, 0.6) is 0 Å². The van der Waals surface area contributed by atoms with Gasteiger partial charge in [0.1, 0.15) is 6.61 Å². The van der Waals surface area contributed by atoms with Crippen molar-refractivity contribution in [3.05, 3.63) is 59.7 Å². The molecule has 0 saturated heterocycles. The van der Waals surface area contributed by atoms with Gasteiger partial charge in [-0.3, -0.25) is 9.59 Å². The Bertz CT molecular complexity index is 957. The van der Waals surface area contributed by atoms with Gasteiger partial charge in [-0.15, -0.1) is 0 Å². The van der Waals surface area contributed by atoms with E-state index in [4.69, 9.17) is 9.47 Å². The Labute approximate surface area is 227 Å². The number of azo groups is 1. The molecule has 0 saturated carbocycles. The van der Waals surface area contributed by atoms with Crippen molar-refractivity contribution in [2.24, 2.45) is 10.2 Å². The monoisotopic (exact) mass is 524 g/mol. The molecule has 0 aromatic heterocycles. The summed E-state index contributed by atoms with van der Waals surface area (Å²) in [6.07, 6.45) is 9.75. The summed E-state index contributed by atoms with van der Waals surface area (Å²) in [7, 11) is 0. The van der Waals surface area contributed by atoms with Crippen LogP contribution in [0.4, 0.5) is 11.4 Å². The van der Waals surface area contributed by atoms with Gasteiger partial charge < -0.3 is 14.6 Å². The van der Waals surface area contributed by atoms with Gasteiger partial charge in [0.25, 0.3) is 0 Å². The molecule has 7 heteroatoms. The number of ether oxygens (including phenoxy) is 2. The number of aryl methyl sites for hydroxylation is 2. The van der Waals surface area contributed by atoms with Gasteiger partial charge in [-0.05, 0) is 67.5 Å². The molecule has 2 rings (SSSR count). The topological polar surface area (TPSA) is 97.6 Å². The number of carbonyl (C=O) groups excluding carboxylic acids is 2. The second-order valence-electron chi connectivity index (χ2n) is 9.63. The van der Waals surface area contributed by atoms with Crippen molar-refractivity contribution in [1.82, 2.24) is 0 Å². The van der Waals surface area contributed by atoms with E-state index in [0.29, 0.717) is 19.3 Å². The Kier molecular flexibility index (Phi) is 15.6. The van der Waals surface area contributed by atoms with Crippen LogP contribution in [0, 0.1) is 0 Å². The van der Waals surface area contributed by atoms with Crippen LogP contribution in [0.3, 0.4) is 0 Å². The number of unbranched alkanes of at least 4 members (excludes halogenated alkanes) is 5. The predicted molar refractivity (Wildman–Crippen MR) is 150 cm³/mol. The summed E-state index contributed by atoms with van der Waals surface area (Å²) in [5.74, 6) is -0.731. The van der Waals surface area contributed by atoms with Crippen LogP contribution in [0.15, 0.2) is 58.8 Å². The van der Waals surface area contributed by atoms with E-state index < -0.39 is 12.1 Å². The van der Waals surface area contributed by atoms with Crippen LogP contribution in [0.25, 0.3) is 0 Å². The van der Waals surface area contributed by atoms with E-state index in [-0.39, 0.29) is 25.6 Å². The first-order valence-electron chi connectivity index (χ1n) is 14.1. The first-order valence-corrected chi connectivity index (χ1v) is 14.1. The Balaban J connectivity index is 1.65. The van der Waals surface area contributed by atoms with Crippen molar-refractivity contribution in [2.75, 3.05) is 13.2 Å². The lowest BCUT2D eigenvalue weighted by Crippen LogP contribution is -2.28. The molecule has 0 unspecified atom stereocenters. The predicted octanol–water partition coefficient (Wildman–Crippen LogP) is 7.58. The van der Waals surface area contributed by atoms with Crippen LogP contribution >= 0.6 is 0 Å². The van der Waals surface area contributed by atoms with Gasteiger partial charge in [0.15, 0.2) is 6.10 Å².